The quantitative estimate of drug-likeness (QED) is 0.120. The van der Waals surface area contributed by atoms with E-state index in [0.717, 1.165) is 83.7 Å². The molecule has 0 aromatic rings. The number of aliphatic hydroxyl groups excluding tert-OH is 1. The summed E-state index contributed by atoms with van der Waals surface area (Å²) in [6.45, 7) is 10.0. The molecular formula is C36H63BO7. The standard InChI is InChI=1S/C36H63BO7/c1-35(2)36(3,4)44-37(43-35)23-13-6-5-10-18-28-29(32(26-30(28)38)42-34-20-12-15-25-40-34)21-22-31(27-16-8-7-9-17-27)41-33-19-11-14-24-39-33/h5,10,27-34,38H,6-9,11-26H2,1-4H3/b10-5-/t28-,29-,30+,31-,32-,33?,34?/m1/s1. The van der Waals surface area contributed by atoms with Crippen molar-refractivity contribution >= 4 is 7.12 Å². The highest BCUT2D eigenvalue weighted by Gasteiger charge is 2.50. The van der Waals surface area contributed by atoms with Crippen LogP contribution in [-0.4, -0.2) is 67.5 Å². The first-order chi connectivity index (χ1) is 21.2. The Balaban J connectivity index is 1.17. The van der Waals surface area contributed by atoms with Gasteiger partial charge in [-0.05, 0) is 129 Å². The second-order valence-corrected chi connectivity index (χ2v) is 15.4. The Bertz CT molecular complexity index is 847. The first-order valence-corrected chi connectivity index (χ1v) is 18.4. The fourth-order valence-electron chi connectivity index (χ4n) is 8.20. The Morgan fingerprint density at radius 1 is 0.818 bits per heavy atom. The van der Waals surface area contributed by atoms with Gasteiger partial charge in [-0.1, -0.05) is 37.8 Å². The van der Waals surface area contributed by atoms with Crippen LogP contribution in [0.5, 0.6) is 0 Å². The molecule has 252 valence electrons. The fraction of sp³-hybridized carbons (Fsp3) is 0.944. The van der Waals surface area contributed by atoms with Gasteiger partial charge in [0.1, 0.15) is 0 Å². The van der Waals surface area contributed by atoms with Gasteiger partial charge in [0.2, 0.25) is 0 Å². The molecule has 0 bridgehead atoms. The number of aliphatic hydroxyl groups is 1. The molecule has 3 heterocycles. The van der Waals surface area contributed by atoms with E-state index in [-0.39, 0.29) is 55.1 Å². The second-order valence-electron chi connectivity index (χ2n) is 15.4. The normalized spacial score (nSPS) is 35.4. The molecule has 7 nitrogen and oxygen atoms in total. The molecule has 2 aliphatic carbocycles. The molecular weight excluding hydrogens is 555 g/mol. The van der Waals surface area contributed by atoms with Crippen LogP contribution in [0.25, 0.3) is 0 Å². The molecule has 5 fully saturated rings. The maximum atomic E-state index is 11.3. The Kier molecular flexibility index (Phi) is 13.1. The molecule has 5 aliphatic rings. The Hall–Kier alpha value is -0.475. The summed E-state index contributed by atoms with van der Waals surface area (Å²) in [6.07, 6.45) is 23.9. The molecule has 0 amide bonds. The molecule has 0 aromatic heterocycles. The van der Waals surface area contributed by atoms with Crippen LogP contribution >= 0.6 is 0 Å². The third-order valence-corrected chi connectivity index (χ3v) is 11.6. The van der Waals surface area contributed by atoms with E-state index in [1.54, 1.807) is 0 Å². The summed E-state index contributed by atoms with van der Waals surface area (Å²) in [5.74, 6) is 1.11. The molecule has 0 spiro atoms. The molecule has 5 rings (SSSR count). The Labute approximate surface area is 268 Å². The van der Waals surface area contributed by atoms with Crippen molar-refractivity contribution in [2.45, 2.75) is 185 Å². The maximum absolute atomic E-state index is 11.3. The van der Waals surface area contributed by atoms with Crippen molar-refractivity contribution in [3.63, 3.8) is 0 Å². The molecule has 7 atom stereocenters. The number of hydrogen-bond acceptors (Lipinski definition) is 7. The third-order valence-electron chi connectivity index (χ3n) is 11.6. The van der Waals surface area contributed by atoms with Gasteiger partial charge in [-0.25, -0.2) is 0 Å². The lowest BCUT2D eigenvalue weighted by atomic mass is 9.80. The Morgan fingerprint density at radius 3 is 2.14 bits per heavy atom. The van der Waals surface area contributed by atoms with Crippen molar-refractivity contribution in [2.75, 3.05) is 13.2 Å². The molecule has 2 unspecified atom stereocenters. The van der Waals surface area contributed by atoms with Gasteiger partial charge in [0, 0.05) is 19.6 Å². The lowest BCUT2D eigenvalue weighted by molar-refractivity contribution is -0.207. The highest BCUT2D eigenvalue weighted by molar-refractivity contribution is 6.45. The maximum Gasteiger partial charge on any atom is 0.457 e. The van der Waals surface area contributed by atoms with Gasteiger partial charge in [-0.3, -0.25) is 0 Å². The van der Waals surface area contributed by atoms with Crippen LogP contribution in [0.15, 0.2) is 12.2 Å². The van der Waals surface area contributed by atoms with E-state index in [2.05, 4.69) is 39.8 Å². The van der Waals surface area contributed by atoms with Gasteiger partial charge in [-0.15, -0.1) is 0 Å². The molecule has 8 heteroatoms. The fourth-order valence-corrected chi connectivity index (χ4v) is 8.20. The highest BCUT2D eigenvalue weighted by Crippen LogP contribution is 2.43. The topological polar surface area (TPSA) is 75.6 Å². The predicted molar refractivity (Wildman–Crippen MR) is 174 cm³/mol. The van der Waals surface area contributed by atoms with Crippen LogP contribution in [0, 0.1) is 17.8 Å². The summed E-state index contributed by atoms with van der Waals surface area (Å²) in [5.41, 5.74) is -0.542. The lowest BCUT2D eigenvalue weighted by Crippen LogP contribution is -2.41. The zero-order valence-corrected chi connectivity index (χ0v) is 28.4. The molecule has 2 saturated carbocycles. The van der Waals surface area contributed by atoms with Crippen LogP contribution in [-0.2, 0) is 28.3 Å². The van der Waals surface area contributed by atoms with E-state index >= 15 is 0 Å². The predicted octanol–water partition coefficient (Wildman–Crippen LogP) is 7.99. The zero-order chi connectivity index (χ0) is 31.0. The van der Waals surface area contributed by atoms with Crippen molar-refractivity contribution in [3.8, 4) is 0 Å². The smallest absolute Gasteiger partial charge is 0.403 e. The summed E-state index contributed by atoms with van der Waals surface area (Å²) >= 11 is 0. The van der Waals surface area contributed by atoms with E-state index in [0.29, 0.717) is 18.3 Å². The minimum absolute atomic E-state index is 0.0350. The van der Waals surface area contributed by atoms with Crippen molar-refractivity contribution in [2.24, 2.45) is 17.8 Å². The molecule has 44 heavy (non-hydrogen) atoms. The van der Waals surface area contributed by atoms with E-state index in [1.165, 1.54) is 38.5 Å². The number of unbranched alkanes of at least 4 members (excludes halogenated alkanes) is 1. The largest absolute Gasteiger partial charge is 0.457 e. The van der Waals surface area contributed by atoms with Gasteiger partial charge < -0.3 is 33.4 Å². The molecule has 1 N–H and O–H groups in total. The van der Waals surface area contributed by atoms with Crippen molar-refractivity contribution in [3.05, 3.63) is 12.2 Å². The zero-order valence-electron chi connectivity index (χ0n) is 28.4. The third kappa shape index (κ3) is 9.55. The van der Waals surface area contributed by atoms with Gasteiger partial charge in [0.15, 0.2) is 12.6 Å². The number of allylic oxidation sites excluding steroid dienone is 2. The van der Waals surface area contributed by atoms with Gasteiger partial charge in [0.05, 0.1) is 29.5 Å². The summed E-state index contributed by atoms with van der Waals surface area (Å²) in [7, 11) is -0.132. The van der Waals surface area contributed by atoms with E-state index in [1.807, 2.05) is 0 Å². The first-order valence-electron chi connectivity index (χ1n) is 18.4. The van der Waals surface area contributed by atoms with Crippen molar-refractivity contribution in [1.82, 2.24) is 0 Å². The van der Waals surface area contributed by atoms with E-state index < -0.39 is 0 Å². The number of ether oxygens (including phenoxy) is 4. The van der Waals surface area contributed by atoms with Crippen LogP contribution < -0.4 is 0 Å². The summed E-state index contributed by atoms with van der Waals surface area (Å²) < 4.78 is 37.8. The number of rotatable bonds is 14. The number of hydrogen-bond donors (Lipinski definition) is 1. The molecule has 3 aliphatic heterocycles. The van der Waals surface area contributed by atoms with Crippen LogP contribution in [0.3, 0.4) is 0 Å². The highest BCUT2D eigenvalue weighted by atomic mass is 16.7. The van der Waals surface area contributed by atoms with E-state index in [4.69, 9.17) is 28.3 Å². The van der Waals surface area contributed by atoms with Crippen LogP contribution in [0.2, 0.25) is 6.32 Å². The van der Waals surface area contributed by atoms with Crippen molar-refractivity contribution < 1.29 is 33.4 Å². The second kappa shape index (κ2) is 16.6. The summed E-state index contributed by atoms with van der Waals surface area (Å²) in [4.78, 5) is 0. The minimum atomic E-state index is -0.348. The Morgan fingerprint density at radius 2 is 1.48 bits per heavy atom. The first kappa shape index (κ1) is 34.8. The minimum Gasteiger partial charge on any atom is -0.403 e. The van der Waals surface area contributed by atoms with E-state index in [9.17, 15) is 5.11 Å². The van der Waals surface area contributed by atoms with Crippen LogP contribution in [0.4, 0.5) is 0 Å². The average molecular weight is 619 g/mol. The van der Waals surface area contributed by atoms with Gasteiger partial charge in [-0.2, -0.15) is 0 Å². The molecule has 0 radical (unpaired) electrons. The lowest BCUT2D eigenvalue weighted by Gasteiger charge is -2.36. The van der Waals surface area contributed by atoms with Crippen molar-refractivity contribution in [1.29, 1.82) is 0 Å². The SMILES string of the molecule is CC1(C)OB(CCC/C=C\C[C@@H]2[C@@H](CC[C@@H](OC3CCCCO3)C3CCCCC3)[C@H](OC3CCCCO3)C[C@@H]2O)OC1(C)C. The molecule has 0 aromatic carbocycles. The van der Waals surface area contributed by atoms with Crippen LogP contribution in [0.1, 0.15) is 137 Å². The molecule has 3 saturated heterocycles. The summed E-state index contributed by atoms with van der Waals surface area (Å²) in [5, 5.41) is 11.3. The van der Waals surface area contributed by atoms with Gasteiger partial charge in [0.25, 0.3) is 0 Å². The monoisotopic (exact) mass is 618 g/mol. The summed E-state index contributed by atoms with van der Waals surface area (Å²) in [6, 6.07) is 0. The average Bonchev–Trinajstić information content (AvgIpc) is 3.42. The van der Waals surface area contributed by atoms with Gasteiger partial charge >= 0.3 is 7.12 Å².